The number of nitriles is 1. The van der Waals surface area contributed by atoms with E-state index in [1.807, 2.05) is 54.6 Å². The maximum Gasteiger partial charge on any atom is 0.254 e. The summed E-state index contributed by atoms with van der Waals surface area (Å²) in [4.78, 5) is 30.8. The lowest BCUT2D eigenvalue weighted by atomic mass is 10.0. The number of benzene rings is 2. The first-order valence-electron chi connectivity index (χ1n) is 9.12. The van der Waals surface area contributed by atoms with Gasteiger partial charge in [0.2, 0.25) is 5.43 Å². The molecule has 0 saturated carbocycles. The zero-order chi connectivity index (χ0) is 21.3. The van der Waals surface area contributed by atoms with E-state index in [0.717, 1.165) is 22.9 Å². The summed E-state index contributed by atoms with van der Waals surface area (Å²) in [5.74, 6) is -0.188. The van der Waals surface area contributed by atoms with Crippen molar-refractivity contribution in [1.29, 1.82) is 5.26 Å². The van der Waals surface area contributed by atoms with Crippen molar-refractivity contribution < 1.29 is 4.79 Å². The Bertz CT molecular complexity index is 1190. The van der Waals surface area contributed by atoms with Crippen LogP contribution in [0.15, 0.2) is 88.4 Å². The van der Waals surface area contributed by atoms with Crippen molar-refractivity contribution in [1.82, 2.24) is 10.3 Å². The maximum absolute atomic E-state index is 12.4. The molecule has 3 aromatic rings. The summed E-state index contributed by atoms with van der Waals surface area (Å²) in [6.45, 7) is 0.326. The van der Waals surface area contributed by atoms with Crippen molar-refractivity contribution in [3.8, 4) is 17.2 Å². The second kappa shape index (κ2) is 9.66. The third kappa shape index (κ3) is 5.09. The van der Waals surface area contributed by atoms with E-state index in [1.165, 1.54) is 18.5 Å². The van der Waals surface area contributed by atoms with Crippen LogP contribution in [-0.2, 0) is 11.3 Å². The smallest absolute Gasteiger partial charge is 0.254 e. The molecule has 1 aromatic heterocycles. The van der Waals surface area contributed by atoms with Crippen LogP contribution in [-0.4, -0.2) is 17.1 Å². The van der Waals surface area contributed by atoms with Crippen molar-refractivity contribution in [2.75, 3.05) is 0 Å². The fourth-order valence-corrected chi connectivity index (χ4v) is 2.67. The van der Waals surface area contributed by atoms with Gasteiger partial charge in [0, 0.05) is 31.2 Å². The molecule has 2 aromatic carbocycles. The van der Waals surface area contributed by atoms with E-state index in [-0.39, 0.29) is 17.0 Å². The number of hydrogen-bond donors (Lipinski definition) is 3. The van der Waals surface area contributed by atoms with E-state index >= 15 is 0 Å². The van der Waals surface area contributed by atoms with Gasteiger partial charge in [-0.05, 0) is 16.7 Å². The number of aromatic nitrogens is 1. The van der Waals surface area contributed by atoms with Crippen molar-refractivity contribution >= 4 is 17.9 Å². The largest absolute Gasteiger partial charge is 0.404 e. The molecule has 1 heterocycles. The highest BCUT2D eigenvalue weighted by Crippen LogP contribution is 2.19. The molecular weight excluding hydrogens is 378 g/mol. The number of H-pyrrole nitrogens is 1. The van der Waals surface area contributed by atoms with Gasteiger partial charge in [-0.2, -0.15) is 5.26 Å². The molecule has 7 nitrogen and oxygen atoms in total. The quantitative estimate of drug-likeness (QED) is 0.437. The average molecular weight is 397 g/mol. The van der Waals surface area contributed by atoms with Crippen LogP contribution in [0.3, 0.4) is 0 Å². The van der Waals surface area contributed by atoms with Gasteiger partial charge in [0.05, 0.1) is 5.57 Å². The lowest BCUT2D eigenvalue weighted by Crippen LogP contribution is -2.25. The zero-order valence-corrected chi connectivity index (χ0v) is 16.0. The van der Waals surface area contributed by atoms with Crippen LogP contribution in [0.1, 0.15) is 11.1 Å². The predicted molar refractivity (Wildman–Crippen MR) is 116 cm³/mol. The van der Waals surface area contributed by atoms with E-state index in [1.54, 1.807) is 6.07 Å². The summed E-state index contributed by atoms with van der Waals surface area (Å²) >= 11 is 0. The van der Waals surface area contributed by atoms with Gasteiger partial charge in [-0.25, -0.2) is 4.99 Å². The number of nitrogens with two attached hydrogens (primary N) is 1. The van der Waals surface area contributed by atoms with E-state index in [9.17, 15) is 9.59 Å². The Morgan fingerprint density at radius 3 is 2.47 bits per heavy atom. The standard InChI is InChI=1S/C23H19N5O2/c24-11-19-14-26-22(10-21(19)29)27-15-20(12-25)23(30)28-13-16-6-8-18(9-7-16)17-4-2-1-3-5-17/h1-10,12,14-15H,13,25H2,(H,26,29)(H,28,30)/b20-12+,27-15+. The van der Waals surface area contributed by atoms with Crippen LogP contribution in [0, 0.1) is 11.3 Å². The van der Waals surface area contributed by atoms with Crippen LogP contribution >= 0.6 is 0 Å². The van der Waals surface area contributed by atoms with Crippen LogP contribution in [0.25, 0.3) is 11.1 Å². The Hall–Kier alpha value is -4.44. The number of carbonyl (C=O) groups excluding carboxylic acids is 1. The molecule has 1 amide bonds. The number of nitrogens with one attached hydrogen (secondary N) is 2. The molecule has 0 saturated heterocycles. The Morgan fingerprint density at radius 1 is 1.13 bits per heavy atom. The summed E-state index contributed by atoms with van der Waals surface area (Å²) in [5, 5.41) is 11.6. The maximum atomic E-state index is 12.4. The number of pyridine rings is 1. The first kappa shape index (κ1) is 20.3. The molecule has 0 fully saturated rings. The SMILES string of the molecule is N#Cc1c[nH]c(/N=C/C(=C\N)C(=O)NCc2ccc(-c3ccccc3)cc2)cc1=O. The van der Waals surface area contributed by atoms with Gasteiger partial charge in [-0.1, -0.05) is 54.6 Å². The van der Waals surface area contributed by atoms with Crippen LogP contribution in [0.4, 0.5) is 5.82 Å². The first-order valence-corrected chi connectivity index (χ1v) is 9.12. The summed E-state index contributed by atoms with van der Waals surface area (Å²) < 4.78 is 0. The summed E-state index contributed by atoms with van der Waals surface area (Å²) in [6, 6.07) is 20.9. The van der Waals surface area contributed by atoms with E-state index < -0.39 is 11.3 Å². The van der Waals surface area contributed by atoms with Gasteiger partial charge in [-0.3, -0.25) is 9.59 Å². The minimum Gasteiger partial charge on any atom is -0.404 e. The second-order valence-electron chi connectivity index (χ2n) is 6.33. The van der Waals surface area contributed by atoms with Crippen molar-refractivity contribution in [2.24, 2.45) is 10.7 Å². The highest BCUT2D eigenvalue weighted by molar-refractivity contribution is 6.12. The molecular formula is C23H19N5O2. The number of aliphatic imine (C=N–C) groups is 1. The molecule has 0 aliphatic rings. The highest BCUT2D eigenvalue weighted by Gasteiger charge is 2.07. The van der Waals surface area contributed by atoms with E-state index in [2.05, 4.69) is 15.3 Å². The van der Waals surface area contributed by atoms with Gasteiger partial charge in [0.1, 0.15) is 17.5 Å². The van der Waals surface area contributed by atoms with Crippen LogP contribution < -0.4 is 16.5 Å². The molecule has 30 heavy (non-hydrogen) atoms. The third-order valence-electron chi connectivity index (χ3n) is 4.32. The van der Waals surface area contributed by atoms with Crippen LogP contribution in [0.2, 0.25) is 0 Å². The third-order valence-corrected chi connectivity index (χ3v) is 4.32. The Labute approximate surface area is 173 Å². The van der Waals surface area contributed by atoms with E-state index in [0.29, 0.717) is 6.54 Å². The number of rotatable bonds is 6. The van der Waals surface area contributed by atoms with E-state index in [4.69, 9.17) is 11.0 Å². The minimum absolute atomic E-state index is 0.0143. The summed E-state index contributed by atoms with van der Waals surface area (Å²) in [5.41, 5.74) is 8.37. The zero-order valence-electron chi connectivity index (χ0n) is 16.0. The van der Waals surface area contributed by atoms with Crippen LogP contribution in [0.5, 0.6) is 0 Å². The Balaban J connectivity index is 1.61. The van der Waals surface area contributed by atoms with Gasteiger partial charge >= 0.3 is 0 Å². The monoisotopic (exact) mass is 397 g/mol. The van der Waals surface area contributed by atoms with Gasteiger partial charge in [0.25, 0.3) is 5.91 Å². The number of amides is 1. The molecule has 7 heteroatoms. The van der Waals surface area contributed by atoms with Crippen molar-refractivity contribution in [3.63, 3.8) is 0 Å². The molecule has 3 rings (SSSR count). The summed E-state index contributed by atoms with van der Waals surface area (Å²) in [6.07, 6.45) is 3.66. The number of hydrogen-bond acceptors (Lipinski definition) is 5. The molecule has 148 valence electrons. The molecule has 0 bridgehead atoms. The fraction of sp³-hybridized carbons (Fsp3) is 0.0435. The lowest BCUT2D eigenvalue weighted by Gasteiger charge is -2.07. The number of carbonyl (C=O) groups is 1. The average Bonchev–Trinajstić information content (AvgIpc) is 2.79. The van der Waals surface area contributed by atoms with Gasteiger partial charge < -0.3 is 16.0 Å². The molecule has 0 atom stereocenters. The molecule has 4 N–H and O–H groups in total. The fourth-order valence-electron chi connectivity index (χ4n) is 2.67. The van der Waals surface area contributed by atoms with Crippen molar-refractivity contribution in [3.05, 3.63) is 100.0 Å². The molecule has 0 aliphatic heterocycles. The lowest BCUT2D eigenvalue weighted by molar-refractivity contribution is -0.117. The van der Waals surface area contributed by atoms with Gasteiger partial charge in [0.15, 0.2) is 0 Å². The topological polar surface area (TPSA) is 124 Å². The summed E-state index contributed by atoms with van der Waals surface area (Å²) in [7, 11) is 0. The first-order chi connectivity index (χ1) is 14.6. The number of nitrogens with zero attached hydrogens (tertiary/aromatic N) is 2. The Kier molecular flexibility index (Phi) is 6.54. The minimum atomic E-state index is -0.454. The number of aromatic amines is 1. The highest BCUT2D eigenvalue weighted by atomic mass is 16.1. The van der Waals surface area contributed by atoms with Crippen molar-refractivity contribution in [2.45, 2.75) is 6.54 Å². The predicted octanol–water partition coefficient (Wildman–Crippen LogP) is 2.77. The molecule has 0 spiro atoms. The molecule has 0 radical (unpaired) electrons. The molecule has 0 unspecified atom stereocenters. The second-order valence-corrected chi connectivity index (χ2v) is 6.33. The Morgan fingerprint density at radius 2 is 1.83 bits per heavy atom. The molecule has 0 aliphatic carbocycles. The normalized spacial score (nSPS) is 11.2. The van der Waals surface area contributed by atoms with Gasteiger partial charge in [-0.15, -0.1) is 0 Å².